The minimum absolute atomic E-state index is 0.0865. The van der Waals surface area contributed by atoms with Crippen LogP contribution in [0.3, 0.4) is 0 Å². The number of aromatic nitrogens is 4. The van der Waals surface area contributed by atoms with Gasteiger partial charge in [-0.25, -0.2) is 14.6 Å². The summed E-state index contributed by atoms with van der Waals surface area (Å²) < 4.78 is 1.71. The van der Waals surface area contributed by atoms with E-state index in [0.29, 0.717) is 25.1 Å². The molecule has 5 N–H and O–H groups in total. The van der Waals surface area contributed by atoms with Gasteiger partial charge in [-0.2, -0.15) is 5.10 Å². The maximum atomic E-state index is 12.9. The van der Waals surface area contributed by atoms with Gasteiger partial charge in [-0.1, -0.05) is 12.1 Å². The second-order valence-corrected chi connectivity index (χ2v) is 8.19. The molecule has 1 fully saturated rings. The lowest BCUT2D eigenvalue weighted by Crippen LogP contribution is -2.51. The minimum Gasteiger partial charge on any atom is -0.380 e. The number of nitrogens with zero attached hydrogens (tertiary/aromatic N) is 5. The Morgan fingerprint density at radius 2 is 1.91 bits per heavy atom. The molecule has 0 bridgehead atoms. The normalized spacial score (nSPS) is 18.3. The first-order valence-electron chi connectivity index (χ1n) is 11.0. The van der Waals surface area contributed by atoms with Crippen LogP contribution in [0.5, 0.6) is 0 Å². The van der Waals surface area contributed by atoms with Gasteiger partial charge in [0.1, 0.15) is 0 Å². The maximum absolute atomic E-state index is 12.9. The highest BCUT2D eigenvalue weighted by Gasteiger charge is 2.39. The lowest BCUT2D eigenvalue weighted by atomic mass is 10.1. The third-order valence-electron chi connectivity index (χ3n) is 5.91. The highest BCUT2D eigenvalue weighted by Crippen LogP contribution is 2.31. The van der Waals surface area contributed by atoms with Crippen molar-refractivity contribution >= 4 is 17.8 Å². The summed E-state index contributed by atoms with van der Waals surface area (Å²) in [5.41, 5.74) is 7.85. The van der Waals surface area contributed by atoms with Gasteiger partial charge in [0.15, 0.2) is 12.2 Å². The standard InChI is InChI=1S/C23H27N7O4/c1-14(15-5-7-16(8-6-15)30-13-3-10-26-30)27-21(33)19(31)20(32)22(34)29-12-2-4-18(29)17-9-11-25-23(24)28-17/h3,5-11,13-14,18-20,31-32H,2,4,12H2,1H3,(H,27,33)(H2,24,25,28)/t14-,18?,19-,20-/m1/s1. The molecule has 1 aliphatic heterocycles. The minimum atomic E-state index is -1.92. The van der Waals surface area contributed by atoms with Crippen molar-refractivity contribution in [3.05, 3.63) is 66.2 Å². The number of amides is 2. The molecule has 4 rings (SSSR count). The lowest BCUT2D eigenvalue weighted by Gasteiger charge is -2.28. The van der Waals surface area contributed by atoms with Crippen molar-refractivity contribution in [2.24, 2.45) is 0 Å². The van der Waals surface area contributed by atoms with Gasteiger partial charge >= 0.3 is 0 Å². The molecule has 1 aliphatic rings. The first-order chi connectivity index (χ1) is 16.3. The zero-order valence-corrected chi connectivity index (χ0v) is 18.7. The number of benzene rings is 1. The van der Waals surface area contributed by atoms with Crippen LogP contribution >= 0.6 is 0 Å². The summed E-state index contributed by atoms with van der Waals surface area (Å²) in [6.45, 7) is 2.12. The molecular weight excluding hydrogens is 438 g/mol. The van der Waals surface area contributed by atoms with Gasteiger partial charge in [0.25, 0.3) is 11.8 Å². The second kappa shape index (κ2) is 9.98. The number of nitrogens with two attached hydrogens (primary N) is 1. The summed E-state index contributed by atoms with van der Waals surface area (Å²) in [4.78, 5) is 35.0. The smallest absolute Gasteiger partial charge is 0.255 e. The van der Waals surface area contributed by atoms with Gasteiger partial charge in [-0.15, -0.1) is 0 Å². The lowest BCUT2D eigenvalue weighted by molar-refractivity contribution is -0.154. The van der Waals surface area contributed by atoms with Crippen LogP contribution in [0.2, 0.25) is 0 Å². The van der Waals surface area contributed by atoms with Gasteiger partial charge in [0, 0.05) is 25.1 Å². The second-order valence-electron chi connectivity index (χ2n) is 8.19. The fourth-order valence-electron chi connectivity index (χ4n) is 4.08. The highest BCUT2D eigenvalue weighted by atomic mass is 16.3. The molecule has 2 aromatic heterocycles. The number of rotatable bonds is 7. The van der Waals surface area contributed by atoms with Crippen molar-refractivity contribution < 1.29 is 19.8 Å². The number of hydrogen-bond donors (Lipinski definition) is 4. The SMILES string of the molecule is C[C@@H](NC(=O)[C@H](O)[C@@H](O)C(=O)N1CCCC1c1ccnc(N)n1)c1ccc(-n2cccn2)cc1. The van der Waals surface area contributed by atoms with E-state index in [-0.39, 0.29) is 5.95 Å². The molecular formula is C23H27N7O4. The Hall–Kier alpha value is -3.83. The number of hydrogen-bond acceptors (Lipinski definition) is 8. The number of carbonyl (C=O) groups excluding carboxylic acids is 2. The molecule has 1 aromatic carbocycles. The molecule has 4 atom stereocenters. The Balaban J connectivity index is 1.38. The van der Waals surface area contributed by atoms with Gasteiger partial charge in [0.05, 0.1) is 23.5 Å². The first-order valence-corrected chi connectivity index (χ1v) is 11.0. The maximum Gasteiger partial charge on any atom is 0.255 e. The summed E-state index contributed by atoms with van der Waals surface area (Å²) in [7, 11) is 0. The predicted molar refractivity (Wildman–Crippen MR) is 122 cm³/mol. The molecule has 178 valence electrons. The number of carbonyl (C=O) groups is 2. The third kappa shape index (κ3) is 4.90. The van der Waals surface area contributed by atoms with Crippen molar-refractivity contribution in [2.45, 2.75) is 44.1 Å². The Kier molecular flexibility index (Phi) is 6.85. The van der Waals surface area contributed by atoms with E-state index < -0.39 is 36.1 Å². The van der Waals surface area contributed by atoms with Gasteiger partial charge in [0.2, 0.25) is 5.95 Å². The topological polar surface area (TPSA) is 159 Å². The molecule has 0 aliphatic carbocycles. The molecule has 0 radical (unpaired) electrons. The number of aliphatic hydroxyl groups is 2. The Morgan fingerprint density at radius 1 is 1.15 bits per heavy atom. The van der Waals surface area contributed by atoms with Crippen molar-refractivity contribution in [3.63, 3.8) is 0 Å². The van der Waals surface area contributed by atoms with Crippen LogP contribution < -0.4 is 11.1 Å². The molecule has 3 heterocycles. The zero-order chi connectivity index (χ0) is 24.2. The first kappa shape index (κ1) is 23.3. The summed E-state index contributed by atoms with van der Waals surface area (Å²) in [6, 6.07) is 9.98. The van der Waals surface area contributed by atoms with Crippen LogP contribution in [0.4, 0.5) is 5.95 Å². The molecule has 2 amide bonds. The number of nitrogen functional groups attached to an aromatic ring is 1. The summed E-state index contributed by atoms with van der Waals surface area (Å²) in [6.07, 6.45) is 2.49. The Bertz CT molecular complexity index is 1140. The molecule has 1 saturated heterocycles. The van der Waals surface area contributed by atoms with E-state index in [4.69, 9.17) is 5.73 Å². The van der Waals surface area contributed by atoms with Crippen LogP contribution in [-0.2, 0) is 9.59 Å². The van der Waals surface area contributed by atoms with Crippen LogP contribution in [0.1, 0.15) is 43.1 Å². The molecule has 0 spiro atoms. The van der Waals surface area contributed by atoms with E-state index >= 15 is 0 Å². The van der Waals surface area contributed by atoms with E-state index in [1.165, 1.54) is 11.1 Å². The molecule has 34 heavy (non-hydrogen) atoms. The van der Waals surface area contributed by atoms with E-state index in [9.17, 15) is 19.8 Å². The Morgan fingerprint density at radius 3 is 2.59 bits per heavy atom. The van der Waals surface area contributed by atoms with Crippen molar-refractivity contribution in [2.75, 3.05) is 12.3 Å². The van der Waals surface area contributed by atoms with Crippen LogP contribution in [0.15, 0.2) is 55.0 Å². The summed E-state index contributed by atoms with van der Waals surface area (Å²) in [5, 5.41) is 27.7. The van der Waals surface area contributed by atoms with Gasteiger partial charge in [-0.05, 0) is 49.6 Å². The zero-order valence-electron chi connectivity index (χ0n) is 18.7. The largest absolute Gasteiger partial charge is 0.380 e. The van der Waals surface area contributed by atoms with E-state index in [1.807, 2.05) is 36.5 Å². The third-order valence-corrected chi connectivity index (χ3v) is 5.91. The molecule has 1 unspecified atom stereocenters. The van der Waals surface area contributed by atoms with Crippen molar-refractivity contribution in [1.29, 1.82) is 0 Å². The molecule has 11 nitrogen and oxygen atoms in total. The summed E-state index contributed by atoms with van der Waals surface area (Å²) in [5.74, 6) is -1.49. The quantitative estimate of drug-likeness (QED) is 0.393. The monoisotopic (exact) mass is 465 g/mol. The van der Waals surface area contributed by atoms with E-state index in [1.54, 1.807) is 23.9 Å². The Labute approximate surface area is 196 Å². The predicted octanol–water partition coefficient (Wildman–Crippen LogP) is 0.507. The molecule has 11 heteroatoms. The van der Waals surface area contributed by atoms with Crippen LogP contribution in [0, 0.1) is 0 Å². The fourth-order valence-corrected chi connectivity index (χ4v) is 4.08. The van der Waals surface area contributed by atoms with Gasteiger partial charge < -0.3 is 26.2 Å². The number of aliphatic hydroxyl groups excluding tert-OH is 2. The van der Waals surface area contributed by atoms with Crippen molar-refractivity contribution in [1.82, 2.24) is 30.0 Å². The molecule has 0 saturated carbocycles. The van der Waals surface area contributed by atoms with E-state index in [2.05, 4.69) is 20.4 Å². The number of likely N-dealkylation sites (tertiary alicyclic amines) is 1. The van der Waals surface area contributed by atoms with E-state index in [0.717, 1.165) is 11.3 Å². The average molecular weight is 466 g/mol. The van der Waals surface area contributed by atoms with Crippen molar-refractivity contribution in [3.8, 4) is 5.69 Å². The van der Waals surface area contributed by atoms with Crippen LogP contribution in [-0.4, -0.2) is 65.4 Å². The van der Waals surface area contributed by atoms with Gasteiger partial charge in [-0.3, -0.25) is 9.59 Å². The highest BCUT2D eigenvalue weighted by molar-refractivity contribution is 5.91. The fraction of sp³-hybridized carbons (Fsp3) is 0.348. The number of anilines is 1. The number of nitrogens with one attached hydrogen (secondary N) is 1. The average Bonchev–Trinajstić information content (AvgIpc) is 3.55. The summed E-state index contributed by atoms with van der Waals surface area (Å²) >= 11 is 0. The molecule has 3 aromatic rings. The van der Waals surface area contributed by atoms with Crippen LogP contribution in [0.25, 0.3) is 5.69 Å².